The van der Waals surface area contributed by atoms with Crippen molar-refractivity contribution >= 4 is 45.2 Å². The third kappa shape index (κ3) is 2.60. The molecular weight excluding hydrogens is 316 g/mol. The van der Waals surface area contributed by atoms with Gasteiger partial charge in [-0.15, -0.1) is 15.7 Å². The number of para-hydroxylation sites is 1. The van der Waals surface area contributed by atoms with Crippen LogP contribution in [0.4, 0.5) is 0 Å². The summed E-state index contributed by atoms with van der Waals surface area (Å²) in [7, 11) is 0. The van der Waals surface area contributed by atoms with E-state index in [2.05, 4.69) is 9.97 Å². The van der Waals surface area contributed by atoms with E-state index < -0.39 is 0 Å². The summed E-state index contributed by atoms with van der Waals surface area (Å²) in [5, 5.41) is 2.24. The summed E-state index contributed by atoms with van der Waals surface area (Å²) >= 11 is 8.59. The molecular formula is C13H9ClN2O2S2. The van der Waals surface area contributed by atoms with Crippen molar-refractivity contribution in [2.45, 2.75) is 0 Å². The Kier molecular flexibility index (Phi) is 4.07. The van der Waals surface area contributed by atoms with Gasteiger partial charge in [0.15, 0.2) is 5.75 Å². The molecule has 0 aliphatic carbocycles. The first-order chi connectivity index (χ1) is 9.79. The van der Waals surface area contributed by atoms with Crippen molar-refractivity contribution in [2.24, 2.45) is 0 Å². The van der Waals surface area contributed by atoms with Gasteiger partial charge in [-0.2, -0.15) is 0 Å². The van der Waals surface area contributed by atoms with Crippen molar-refractivity contribution in [3.8, 4) is 16.9 Å². The van der Waals surface area contributed by atoms with Crippen molar-refractivity contribution in [1.82, 2.24) is 9.97 Å². The van der Waals surface area contributed by atoms with Crippen molar-refractivity contribution in [3.05, 3.63) is 41.1 Å². The molecule has 0 saturated heterocycles. The predicted molar refractivity (Wildman–Crippen MR) is 83.1 cm³/mol. The van der Waals surface area contributed by atoms with Gasteiger partial charge in [-0.3, -0.25) is 0 Å². The molecule has 0 saturated carbocycles. The monoisotopic (exact) mass is 324 g/mol. The van der Waals surface area contributed by atoms with Gasteiger partial charge in [0.1, 0.15) is 0 Å². The van der Waals surface area contributed by atoms with Gasteiger partial charge in [-0.1, -0.05) is 18.2 Å². The number of aromatic nitrogens is 2. The molecule has 3 rings (SSSR count). The van der Waals surface area contributed by atoms with Crippen LogP contribution in [0.5, 0.6) is 5.75 Å². The Morgan fingerprint density at radius 3 is 2.95 bits per heavy atom. The lowest BCUT2D eigenvalue weighted by Gasteiger charge is -2.07. The van der Waals surface area contributed by atoms with Gasteiger partial charge in [0, 0.05) is 41.0 Å². The number of halogens is 1. The lowest BCUT2D eigenvalue weighted by molar-refractivity contribution is -0.0764. The first-order valence-corrected chi connectivity index (χ1v) is 8.07. The zero-order valence-electron chi connectivity index (χ0n) is 10.4. The summed E-state index contributed by atoms with van der Waals surface area (Å²) < 4.78 is 5.93. The Labute approximate surface area is 128 Å². The predicted octanol–water partition coefficient (Wildman–Crippen LogP) is 4.60. The van der Waals surface area contributed by atoms with Crippen LogP contribution in [0.25, 0.3) is 21.3 Å². The quantitative estimate of drug-likeness (QED) is 0.304. The molecule has 3 aromatic rings. The standard InChI is InChI=1S/C13H9ClN2O2S2/c1-19-18-17-10-5-3-2-4-8(10)9-7-20-11-6-15-13(14)16-12(9)11/h2-7H,1H3. The van der Waals surface area contributed by atoms with E-state index in [1.165, 1.54) is 0 Å². The molecule has 0 atom stereocenters. The van der Waals surface area contributed by atoms with Crippen molar-refractivity contribution < 1.29 is 9.22 Å². The summed E-state index contributed by atoms with van der Waals surface area (Å²) in [5.74, 6) is 0.635. The summed E-state index contributed by atoms with van der Waals surface area (Å²) in [6.45, 7) is 0. The normalized spacial score (nSPS) is 10.9. The second-order valence-electron chi connectivity index (χ2n) is 3.82. The van der Waals surface area contributed by atoms with Gasteiger partial charge in [-0.05, 0) is 17.7 Å². The smallest absolute Gasteiger partial charge is 0.222 e. The fourth-order valence-corrected chi connectivity index (χ4v) is 2.97. The van der Waals surface area contributed by atoms with Crippen molar-refractivity contribution in [3.63, 3.8) is 0 Å². The number of rotatable bonds is 4. The van der Waals surface area contributed by atoms with Crippen LogP contribution in [0, 0.1) is 0 Å². The maximum Gasteiger partial charge on any atom is 0.222 e. The van der Waals surface area contributed by atoms with Crippen LogP contribution >= 0.6 is 35.0 Å². The number of hydrogen-bond donors (Lipinski definition) is 0. The minimum Gasteiger partial charge on any atom is -0.325 e. The second kappa shape index (κ2) is 5.97. The minimum absolute atomic E-state index is 0.232. The number of benzene rings is 1. The lowest BCUT2D eigenvalue weighted by Crippen LogP contribution is -1.91. The molecule has 0 radical (unpaired) electrons. The number of nitrogens with zero attached hydrogens (tertiary/aromatic N) is 2. The first kappa shape index (κ1) is 13.6. The van der Waals surface area contributed by atoms with E-state index in [-0.39, 0.29) is 5.28 Å². The van der Waals surface area contributed by atoms with Crippen LogP contribution in [0.15, 0.2) is 35.8 Å². The molecule has 102 valence electrons. The summed E-state index contributed by atoms with van der Waals surface area (Å²) in [5.41, 5.74) is 2.67. The van der Waals surface area contributed by atoms with Crippen LogP contribution in [-0.4, -0.2) is 16.2 Å². The van der Waals surface area contributed by atoms with Crippen LogP contribution in [0.1, 0.15) is 0 Å². The van der Waals surface area contributed by atoms with Crippen LogP contribution < -0.4 is 4.89 Å². The molecule has 4 nitrogen and oxygen atoms in total. The molecule has 0 aliphatic heterocycles. The molecule has 0 aliphatic rings. The van der Waals surface area contributed by atoms with Gasteiger partial charge < -0.3 is 4.89 Å². The van der Waals surface area contributed by atoms with Gasteiger partial charge in [0.2, 0.25) is 5.28 Å². The van der Waals surface area contributed by atoms with E-state index in [4.69, 9.17) is 20.8 Å². The van der Waals surface area contributed by atoms with Crippen LogP contribution in [-0.2, 0) is 4.33 Å². The molecule has 0 amide bonds. The van der Waals surface area contributed by atoms with E-state index in [9.17, 15) is 0 Å². The number of thiophene rings is 1. The number of hydrogen-bond acceptors (Lipinski definition) is 6. The Morgan fingerprint density at radius 1 is 1.25 bits per heavy atom. The molecule has 0 N–H and O–H groups in total. The highest BCUT2D eigenvalue weighted by molar-refractivity contribution is 7.93. The van der Waals surface area contributed by atoms with E-state index >= 15 is 0 Å². The molecule has 0 bridgehead atoms. The van der Waals surface area contributed by atoms with Gasteiger partial charge in [-0.25, -0.2) is 9.97 Å². The van der Waals surface area contributed by atoms with E-state index in [1.807, 2.05) is 29.6 Å². The highest BCUT2D eigenvalue weighted by Crippen LogP contribution is 2.38. The summed E-state index contributed by atoms with van der Waals surface area (Å²) in [6.07, 6.45) is 3.51. The number of fused-ring (bicyclic) bond motifs is 1. The Morgan fingerprint density at radius 2 is 2.10 bits per heavy atom. The van der Waals surface area contributed by atoms with Crippen molar-refractivity contribution in [2.75, 3.05) is 6.26 Å². The Hall–Kier alpha value is -1.34. The second-order valence-corrected chi connectivity index (χ2v) is 5.53. The van der Waals surface area contributed by atoms with Gasteiger partial charge >= 0.3 is 0 Å². The van der Waals surface area contributed by atoms with Crippen molar-refractivity contribution in [1.29, 1.82) is 0 Å². The molecule has 2 aromatic heterocycles. The zero-order chi connectivity index (χ0) is 13.9. The molecule has 0 unspecified atom stereocenters. The molecule has 2 heterocycles. The maximum absolute atomic E-state index is 5.88. The third-order valence-electron chi connectivity index (χ3n) is 2.65. The zero-order valence-corrected chi connectivity index (χ0v) is 12.8. The highest BCUT2D eigenvalue weighted by atomic mass is 35.5. The highest BCUT2D eigenvalue weighted by Gasteiger charge is 2.14. The third-order valence-corrected chi connectivity index (χ3v) is 3.95. The molecule has 0 spiro atoms. The fraction of sp³-hybridized carbons (Fsp3) is 0.0769. The Balaban J connectivity index is 2.13. The average Bonchev–Trinajstić information content (AvgIpc) is 2.88. The summed E-state index contributed by atoms with van der Waals surface area (Å²) in [4.78, 5) is 13.6. The molecule has 7 heteroatoms. The topological polar surface area (TPSA) is 44.2 Å². The SMILES string of the molecule is CSOOc1ccccc1-c1csc2cnc(Cl)nc12. The average molecular weight is 325 g/mol. The minimum atomic E-state index is 0.232. The van der Waals surface area contributed by atoms with Crippen LogP contribution in [0.3, 0.4) is 0 Å². The largest absolute Gasteiger partial charge is 0.325 e. The van der Waals surface area contributed by atoms with Gasteiger partial charge in [0.25, 0.3) is 0 Å². The first-order valence-electron chi connectivity index (χ1n) is 5.66. The fourth-order valence-electron chi connectivity index (χ4n) is 1.83. The van der Waals surface area contributed by atoms with E-state index in [1.54, 1.807) is 23.8 Å². The molecule has 20 heavy (non-hydrogen) atoms. The van der Waals surface area contributed by atoms with E-state index in [0.717, 1.165) is 33.4 Å². The lowest BCUT2D eigenvalue weighted by atomic mass is 10.1. The molecule has 0 fully saturated rings. The van der Waals surface area contributed by atoms with Gasteiger partial charge in [0.05, 0.1) is 10.2 Å². The Bertz CT molecular complexity index is 748. The maximum atomic E-state index is 5.88. The summed E-state index contributed by atoms with van der Waals surface area (Å²) in [6, 6.07) is 7.63. The van der Waals surface area contributed by atoms with Crippen LogP contribution in [0.2, 0.25) is 5.28 Å². The van der Waals surface area contributed by atoms with E-state index in [0.29, 0.717) is 5.75 Å². The molecule has 1 aromatic carbocycles.